The molecule has 0 aromatic heterocycles. The average Bonchev–Trinajstić information content (AvgIpc) is 2.63. The maximum atomic E-state index is 12.5. The van der Waals surface area contributed by atoms with E-state index in [1.165, 1.54) is 4.90 Å². The van der Waals surface area contributed by atoms with Crippen molar-refractivity contribution >= 4 is 34.9 Å². The van der Waals surface area contributed by atoms with Gasteiger partial charge in [0, 0.05) is 28.9 Å². The van der Waals surface area contributed by atoms with Gasteiger partial charge < -0.3 is 9.80 Å². The summed E-state index contributed by atoms with van der Waals surface area (Å²) in [6, 6.07) is 15.1. The van der Waals surface area contributed by atoms with Gasteiger partial charge in [0.05, 0.1) is 0 Å². The minimum atomic E-state index is -0.655. The van der Waals surface area contributed by atoms with Gasteiger partial charge in [-0.1, -0.05) is 48.0 Å². The topological polar surface area (TPSA) is 57.7 Å². The predicted octanol–water partition coefficient (Wildman–Crippen LogP) is 2.79. The van der Waals surface area contributed by atoms with Crippen LogP contribution >= 0.6 is 11.6 Å². The fourth-order valence-corrected chi connectivity index (χ4v) is 3.04. The predicted molar refractivity (Wildman–Crippen MR) is 95.8 cm³/mol. The van der Waals surface area contributed by atoms with Crippen molar-refractivity contribution in [2.75, 3.05) is 18.0 Å². The molecule has 1 heterocycles. The summed E-state index contributed by atoms with van der Waals surface area (Å²) in [5.74, 6) is -1.50. The number of benzene rings is 2. The fraction of sp³-hybridized carbons (Fsp3) is 0.211. The first-order valence-corrected chi connectivity index (χ1v) is 8.31. The molecule has 2 aromatic carbocycles. The van der Waals surface area contributed by atoms with Crippen molar-refractivity contribution in [1.82, 2.24) is 4.90 Å². The lowest BCUT2D eigenvalue weighted by molar-refractivity contribution is -0.135. The van der Waals surface area contributed by atoms with Crippen molar-refractivity contribution in [3.05, 3.63) is 65.2 Å². The van der Waals surface area contributed by atoms with Crippen molar-refractivity contribution in [2.24, 2.45) is 0 Å². The number of carbonyl (C=O) groups excluding carboxylic acids is 3. The lowest BCUT2D eigenvalue weighted by atomic mass is 10.1. The smallest absolute Gasteiger partial charge is 0.295 e. The zero-order valence-corrected chi connectivity index (χ0v) is 14.4. The molecule has 0 saturated carbocycles. The molecule has 1 aliphatic heterocycles. The molecule has 1 saturated heterocycles. The standard InChI is InChI=1S/C19H17ClN2O3/c1-13-11-22(16-9-5-8-15(20)10-16)17(23)12-21(13)19(25)18(24)14-6-3-2-4-7-14/h2-10,13H,11-12H2,1H3/t13-/m0/s1. The van der Waals surface area contributed by atoms with Crippen LogP contribution in [0, 0.1) is 0 Å². The Balaban J connectivity index is 1.77. The van der Waals surface area contributed by atoms with Gasteiger partial charge in [0.15, 0.2) is 0 Å². The van der Waals surface area contributed by atoms with E-state index in [-0.39, 0.29) is 18.5 Å². The molecule has 6 heteroatoms. The molecule has 3 rings (SSSR count). The molecule has 1 aliphatic rings. The number of hydrogen-bond donors (Lipinski definition) is 0. The number of carbonyl (C=O) groups is 3. The van der Waals surface area contributed by atoms with Crippen LogP contribution in [-0.4, -0.2) is 41.6 Å². The van der Waals surface area contributed by atoms with E-state index in [2.05, 4.69) is 0 Å². The van der Waals surface area contributed by atoms with Crippen LogP contribution in [-0.2, 0) is 9.59 Å². The molecule has 0 spiro atoms. The van der Waals surface area contributed by atoms with Crippen molar-refractivity contribution in [2.45, 2.75) is 13.0 Å². The Kier molecular flexibility index (Phi) is 4.86. The molecule has 0 unspecified atom stereocenters. The number of anilines is 1. The van der Waals surface area contributed by atoms with Crippen molar-refractivity contribution < 1.29 is 14.4 Å². The number of hydrogen-bond acceptors (Lipinski definition) is 3. The summed E-state index contributed by atoms with van der Waals surface area (Å²) in [6.07, 6.45) is 0. The quantitative estimate of drug-likeness (QED) is 0.627. The van der Waals surface area contributed by atoms with E-state index in [9.17, 15) is 14.4 Å². The van der Waals surface area contributed by atoms with Crippen LogP contribution < -0.4 is 4.90 Å². The van der Waals surface area contributed by atoms with Gasteiger partial charge in [0.25, 0.3) is 5.91 Å². The van der Waals surface area contributed by atoms with E-state index < -0.39 is 11.7 Å². The van der Waals surface area contributed by atoms with Crippen LogP contribution in [0.5, 0.6) is 0 Å². The largest absolute Gasteiger partial charge is 0.322 e. The van der Waals surface area contributed by atoms with E-state index in [1.54, 1.807) is 59.5 Å². The second-order valence-corrected chi connectivity index (χ2v) is 6.40. The molecule has 2 amide bonds. The third-order valence-corrected chi connectivity index (χ3v) is 4.43. The third kappa shape index (κ3) is 3.56. The molecule has 25 heavy (non-hydrogen) atoms. The fourth-order valence-electron chi connectivity index (χ4n) is 2.86. The van der Waals surface area contributed by atoms with Crippen LogP contribution in [0.4, 0.5) is 5.69 Å². The third-order valence-electron chi connectivity index (χ3n) is 4.20. The first-order valence-electron chi connectivity index (χ1n) is 7.93. The number of nitrogens with zero attached hydrogens (tertiary/aromatic N) is 2. The molecule has 2 aromatic rings. The van der Waals surface area contributed by atoms with E-state index in [1.807, 2.05) is 6.92 Å². The first kappa shape index (κ1) is 17.2. The summed E-state index contributed by atoms with van der Waals surface area (Å²) in [5.41, 5.74) is 1.01. The van der Waals surface area contributed by atoms with Gasteiger partial charge in [0.2, 0.25) is 11.7 Å². The maximum absolute atomic E-state index is 12.5. The summed E-state index contributed by atoms with van der Waals surface area (Å²) < 4.78 is 0. The average molecular weight is 357 g/mol. The SMILES string of the molecule is C[C@H]1CN(c2cccc(Cl)c2)C(=O)CN1C(=O)C(=O)c1ccccc1. The molecule has 5 nitrogen and oxygen atoms in total. The minimum Gasteiger partial charge on any atom is -0.322 e. The highest BCUT2D eigenvalue weighted by Crippen LogP contribution is 2.23. The van der Waals surface area contributed by atoms with Crippen LogP contribution in [0.25, 0.3) is 0 Å². The van der Waals surface area contributed by atoms with Crippen LogP contribution in [0.1, 0.15) is 17.3 Å². The lowest BCUT2D eigenvalue weighted by Gasteiger charge is -2.39. The molecular weight excluding hydrogens is 340 g/mol. The van der Waals surface area contributed by atoms with Gasteiger partial charge >= 0.3 is 0 Å². The Morgan fingerprint density at radius 2 is 1.80 bits per heavy atom. The Morgan fingerprint density at radius 3 is 2.48 bits per heavy atom. The Morgan fingerprint density at radius 1 is 1.08 bits per heavy atom. The Labute approximate surface area is 150 Å². The molecule has 0 aliphatic carbocycles. The monoisotopic (exact) mass is 356 g/mol. The van der Waals surface area contributed by atoms with E-state index in [0.29, 0.717) is 22.8 Å². The number of piperazine rings is 1. The lowest BCUT2D eigenvalue weighted by Crippen LogP contribution is -2.58. The number of rotatable bonds is 3. The van der Waals surface area contributed by atoms with Gasteiger partial charge in [0.1, 0.15) is 6.54 Å². The zero-order valence-electron chi connectivity index (χ0n) is 13.7. The van der Waals surface area contributed by atoms with Gasteiger partial charge in [-0.05, 0) is 25.1 Å². The van der Waals surface area contributed by atoms with Crippen LogP contribution in [0.2, 0.25) is 5.02 Å². The molecular formula is C19H17ClN2O3. The molecule has 1 fully saturated rings. The van der Waals surface area contributed by atoms with Gasteiger partial charge in [-0.3, -0.25) is 14.4 Å². The van der Waals surface area contributed by atoms with E-state index in [0.717, 1.165) is 0 Å². The van der Waals surface area contributed by atoms with Crippen molar-refractivity contribution in [1.29, 1.82) is 0 Å². The number of amides is 2. The van der Waals surface area contributed by atoms with Crippen LogP contribution in [0.3, 0.4) is 0 Å². The molecule has 1 atom stereocenters. The Bertz CT molecular complexity index is 822. The summed E-state index contributed by atoms with van der Waals surface area (Å²) in [4.78, 5) is 40.3. The number of ketones is 1. The first-order chi connectivity index (χ1) is 12.0. The maximum Gasteiger partial charge on any atom is 0.295 e. The highest BCUT2D eigenvalue weighted by atomic mass is 35.5. The number of halogens is 1. The summed E-state index contributed by atoms with van der Waals surface area (Å²) in [6.45, 7) is 2.00. The highest BCUT2D eigenvalue weighted by Gasteiger charge is 2.36. The number of Topliss-reactive ketones (excluding diaryl/α,β-unsaturated/α-hetero) is 1. The Hall–Kier alpha value is -2.66. The van der Waals surface area contributed by atoms with Crippen LogP contribution in [0.15, 0.2) is 54.6 Å². The summed E-state index contributed by atoms with van der Waals surface area (Å²) in [7, 11) is 0. The second-order valence-electron chi connectivity index (χ2n) is 5.96. The molecule has 0 bridgehead atoms. The van der Waals surface area contributed by atoms with E-state index in [4.69, 9.17) is 11.6 Å². The second kappa shape index (κ2) is 7.07. The molecule has 0 radical (unpaired) electrons. The summed E-state index contributed by atoms with van der Waals surface area (Å²) in [5, 5.41) is 0.538. The van der Waals surface area contributed by atoms with Crippen molar-refractivity contribution in [3.63, 3.8) is 0 Å². The minimum absolute atomic E-state index is 0.134. The van der Waals surface area contributed by atoms with E-state index >= 15 is 0 Å². The van der Waals surface area contributed by atoms with Gasteiger partial charge in [-0.25, -0.2) is 0 Å². The molecule has 0 N–H and O–H groups in total. The summed E-state index contributed by atoms with van der Waals surface area (Å²) >= 11 is 5.99. The van der Waals surface area contributed by atoms with Crippen molar-refractivity contribution in [3.8, 4) is 0 Å². The van der Waals surface area contributed by atoms with Gasteiger partial charge in [-0.2, -0.15) is 0 Å². The molecule has 128 valence electrons. The highest BCUT2D eigenvalue weighted by molar-refractivity contribution is 6.43. The van der Waals surface area contributed by atoms with Gasteiger partial charge in [-0.15, -0.1) is 0 Å². The zero-order chi connectivity index (χ0) is 18.0. The normalized spacial score (nSPS) is 17.5.